The molecule has 0 radical (unpaired) electrons. The molecule has 2 rings (SSSR count). The Kier molecular flexibility index (Phi) is 3.44. The number of aryl methyl sites for hydroxylation is 3. The number of rotatable bonds is 2. The number of aromatic nitrogens is 2. The van der Waals surface area contributed by atoms with Gasteiger partial charge in [0.25, 0.3) is 5.91 Å². The fraction of sp³-hybridized carbons (Fsp3) is 0.231. The van der Waals surface area contributed by atoms with E-state index < -0.39 is 23.2 Å². The van der Waals surface area contributed by atoms with E-state index in [4.69, 9.17) is 5.73 Å². The molecule has 1 amide bonds. The second kappa shape index (κ2) is 4.92. The van der Waals surface area contributed by atoms with Crippen molar-refractivity contribution < 1.29 is 13.6 Å². The third kappa shape index (κ3) is 2.22. The van der Waals surface area contributed by atoms with Crippen molar-refractivity contribution in [1.82, 2.24) is 9.78 Å². The standard InChI is InChI=1S/C13H14F2N4O/c1-6-4-5-8(14)11(9(6)15)17-13(20)12-10(16)7(2)18-19(12)3/h4-5H,16H2,1-3H3,(H,17,20). The number of hydrogen-bond donors (Lipinski definition) is 2. The highest BCUT2D eigenvalue weighted by molar-refractivity contribution is 6.06. The third-order valence-electron chi connectivity index (χ3n) is 3.01. The number of nitrogens with two attached hydrogens (primary N) is 1. The normalized spacial score (nSPS) is 10.7. The van der Waals surface area contributed by atoms with Gasteiger partial charge in [-0.25, -0.2) is 8.78 Å². The number of anilines is 2. The van der Waals surface area contributed by atoms with Crippen LogP contribution >= 0.6 is 0 Å². The Morgan fingerprint density at radius 2 is 2.00 bits per heavy atom. The molecular weight excluding hydrogens is 266 g/mol. The van der Waals surface area contributed by atoms with E-state index >= 15 is 0 Å². The van der Waals surface area contributed by atoms with E-state index in [2.05, 4.69) is 10.4 Å². The maximum atomic E-state index is 13.8. The molecule has 20 heavy (non-hydrogen) atoms. The molecule has 7 heteroatoms. The van der Waals surface area contributed by atoms with Crippen molar-refractivity contribution in [3.63, 3.8) is 0 Å². The lowest BCUT2D eigenvalue weighted by Gasteiger charge is -2.09. The molecule has 1 aromatic carbocycles. The van der Waals surface area contributed by atoms with Crippen LogP contribution < -0.4 is 11.1 Å². The molecule has 5 nitrogen and oxygen atoms in total. The summed E-state index contributed by atoms with van der Waals surface area (Å²) in [6.07, 6.45) is 0. The number of halogens is 2. The van der Waals surface area contributed by atoms with Crippen LogP contribution in [0.3, 0.4) is 0 Å². The van der Waals surface area contributed by atoms with Gasteiger partial charge in [-0.3, -0.25) is 9.48 Å². The number of carbonyl (C=O) groups is 1. The van der Waals surface area contributed by atoms with Crippen LogP contribution in [0.4, 0.5) is 20.2 Å². The van der Waals surface area contributed by atoms with Crippen molar-refractivity contribution in [2.75, 3.05) is 11.1 Å². The molecule has 1 aromatic heterocycles. The first-order valence-corrected chi connectivity index (χ1v) is 5.88. The number of nitrogens with zero attached hydrogens (tertiary/aromatic N) is 2. The average Bonchev–Trinajstić information content (AvgIpc) is 2.63. The Morgan fingerprint density at radius 1 is 1.35 bits per heavy atom. The van der Waals surface area contributed by atoms with Gasteiger partial charge >= 0.3 is 0 Å². The van der Waals surface area contributed by atoms with E-state index in [9.17, 15) is 13.6 Å². The van der Waals surface area contributed by atoms with E-state index in [1.165, 1.54) is 24.7 Å². The van der Waals surface area contributed by atoms with E-state index in [1.807, 2.05) is 0 Å². The Morgan fingerprint density at radius 3 is 2.55 bits per heavy atom. The topological polar surface area (TPSA) is 72.9 Å². The molecule has 0 aliphatic rings. The van der Waals surface area contributed by atoms with E-state index in [0.29, 0.717) is 5.69 Å². The zero-order valence-corrected chi connectivity index (χ0v) is 11.3. The van der Waals surface area contributed by atoms with Crippen molar-refractivity contribution in [2.45, 2.75) is 13.8 Å². The molecule has 0 spiro atoms. The van der Waals surface area contributed by atoms with Gasteiger partial charge in [0, 0.05) is 7.05 Å². The molecule has 0 atom stereocenters. The minimum absolute atomic E-state index is 0.0582. The Bertz CT molecular complexity index is 694. The van der Waals surface area contributed by atoms with Gasteiger partial charge in [-0.05, 0) is 25.5 Å². The second-order valence-corrected chi connectivity index (χ2v) is 4.48. The number of hydrogen-bond acceptors (Lipinski definition) is 3. The van der Waals surface area contributed by atoms with Gasteiger partial charge in [0.05, 0.1) is 11.4 Å². The van der Waals surface area contributed by atoms with Gasteiger partial charge in [-0.2, -0.15) is 5.10 Å². The summed E-state index contributed by atoms with van der Waals surface area (Å²) >= 11 is 0. The molecule has 0 aliphatic heterocycles. The Labute approximate surface area is 114 Å². The summed E-state index contributed by atoms with van der Waals surface area (Å²) in [4.78, 5) is 12.1. The van der Waals surface area contributed by atoms with Crippen LogP contribution in [-0.4, -0.2) is 15.7 Å². The van der Waals surface area contributed by atoms with Crippen LogP contribution in [-0.2, 0) is 7.05 Å². The van der Waals surface area contributed by atoms with E-state index in [-0.39, 0.29) is 16.9 Å². The molecule has 3 N–H and O–H groups in total. The summed E-state index contributed by atoms with van der Waals surface area (Å²) in [5.41, 5.74) is 6.18. The lowest BCUT2D eigenvalue weighted by atomic mass is 10.2. The van der Waals surface area contributed by atoms with Gasteiger partial charge < -0.3 is 11.1 Å². The fourth-order valence-electron chi connectivity index (χ4n) is 1.89. The number of amides is 1. The van der Waals surface area contributed by atoms with Crippen LogP contribution in [0.15, 0.2) is 12.1 Å². The minimum Gasteiger partial charge on any atom is -0.395 e. The number of benzene rings is 1. The van der Waals surface area contributed by atoms with E-state index in [1.54, 1.807) is 6.92 Å². The molecule has 1 heterocycles. The highest BCUT2D eigenvalue weighted by Crippen LogP contribution is 2.23. The summed E-state index contributed by atoms with van der Waals surface area (Å²) < 4.78 is 28.7. The smallest absolute Gasteiger partial charge is 0.276 e. The second-order valence-electron chi connectivity index (χ2n) is 4.48. The SMILES string of the molecule is Cc1ccc(F)c(NC(=O)c2c(N)c(C)nn2C)c1F. The molecule has 0 saturated carbocycles. The Hall–Kier alpha value is -2.44. The minimum atomic E-state index is -0.848. The largest absolute Gasteiger partial charge is 0.395 e. The van der Waals surface area contributed by atoms with Gasteiger partial charge in [0.2, 0.25) is 0 Å². The van der Waals surface area contributed by atoms with Crippen molar-refractivity contribution >= 4 is 17.3 Å². The zero-order chi connectivity index (χ0) is 15.0. The lowest BCUT2D eigenvalue weighted by Crippen LogP contribution is -2.19. The zero-order valence-electron chi connectivity index (χ0n) is 11.3. The van der Waals surface area contributed by atoms with E-state index in [0.717, 1.165) is 6.07 Å². The first-order chi connectivity index (χ1) is 9.32. The summed E-state index contributed by atoms with van der Waals surface area (Å²) in [5.74, 6) is -2.37. The van der Waals surface area contributed by atoms with Crippen molar-refractivity contribution in [3.05, 3.63) is 40.7 Å². The summed E-state index contributed by atoms with van der Waals surface area (Å²) in [7, 11) is 1.53. The first kappa shape index (κ1) is 14.0. The summed E-state index contributed by atoms with van der Waals surface area (Å²) in [6, 6.07) is 2.38. The summed E-state index contributed by atoms with van der Waals surface area (Å²) in [6.45, 7) is 3.12. The van der Waals surface area contributed by atoms with Gasteiger partial charge in [-0.15, -0.1) is 0 Å². The van der Waals surface area contributed by atoms with Crippen LogP contribution in [0.5, 0.6) is 0 Å². The predicted molar refractivity (Wildman–Crippen MR) is 71.4 cm³/mol. The maximum absolute atomic E-state index is 13.8. The highest BCUT2D eigenvalue weighted by atomic mass is 19.1. The van der Waals surface area contributed by atoms with Crippen molar-refractivity contribution in [3.8, 4) is 0 Å². The first-order valence-electron chi connectivity index (χ1n) is 5.88. The predicted octanol–water partition coefficient (Wildman–Crippen LogP) is 2.15. The maximum Gasteiger partial charge on any atom is 0.276 e. The number of carbonyl (C=O) groups excluding carboxylic acids is 1. The molecule has 0 fully saturated rings. The highest BCUT2D eigenvalue weighted by Gasteiger charge is 2.21. The molecular formula is C13H14F2N4O. The molecule has 0 unspecified atom stereocenters. The quantitative estimate of drug-likeness (QED) is 0.885. The monoisotopic (exact) mass is 280 g/mol. The van der Waals surface area contributed by atoms with Crippen LogP contribution in [0.25, 0.3) is 0 Å². The van der Waals surface area contributed by atoms with Crippen LogP contribution in [0.2, 0.25) is 0 Å². The average molecular weight is 280 g/mol. The molecule has 0 bridgehead atoms. The van der Waals surface area contributed by atoms with Crippen molar-refractivity contribution in [1.29, 1.82) is 0 Å². The molecule has 2 aromatic rings. The van der Waals surface area contributed by atoms with Crippen LogP contribution in [0.1, 0.15) is 21.7 Å². The molecule has 0 saturated heterocycles. The number of nitrogen functional groups attached to an aromatic ring is 1. The summed E-state index contributed by atoms with van der Waals surface area (Å²) in [5, 5.41) is 6.18. The molecule has 0 aliphatic carbocycles. The van der Waals surface area contributed by atoms with Crippen LogP contribution in [0, 0.1) is 25.5 Å². The van der Waals surface area contributed by atoms with Gasteiger partial charge in [-0.1, -0.05) is 6.07 Å². The van der Waals surface area contributed by atoms with Crippen molar-refractivity contribution in [2.24, 2.45) is 7.05 Å². The third-order valence-corrected chi connectivity index (χ3v) is 3.01. The Balaban J connectivity index is 2.40. The fourth-order valence-corrected chi connectivity index (χ4v) is 1.89. The number of nitrogens with one attached hydrogen (secondary N) is 1. The van der Waals surface area contributed by atoms with Gasteiger partial charge in [0.15, 0.2) is 5.82 Å². The van der Waals surface area contributed by atoms with Gasteiger partial charge in [0.1, 0.15) is 17.2 Å². The lowest BCUT2D eigenvalue weighted by molar-refractivity contribution is 0.101. The molecule has 106 valence electrons.